The van der Waals surface area contributed by atoms with Crippen LogP contribution >= 0.6 is 0 Å². The zero-order valence-corrected chi connectivity index (χ0v) is 18.1. The molecule has 3 heterocycles. The molecule has 3 rings (SSSR count). The Morgan fingerprint density at radius 3 is 2.67 bits per heavy atom. The van der Waals surface area contributed by atoms with Gasteiger partial charge in [0.25, 0.3) is 0 Å². The number of anilines is 1. The van der Waals surface area contributed by atoms with E-state index in [2.05, 4.69) is 15.5 Å². The lowest BCUT2D eigenvalue weighted by molar-refractivity contribution is -0.120. The van der Waals surface area contributed by atoms with Crippen molar-refractivity contribution in [2.75, 3.05) is 38.7 Å². The molecule has 0 atom stereocenters. The number of piperidine rings is 1. The van der Waals surface area contributed by atoms with E-state index in [9.17, 15) is 13.2 Å². The van der Waals surface area contributed by atoms with Gasteiger partial charge in [-0.15, -0.1) is 0 Å². The number of aryl methyl sites for hydroxylation is 2. The summed E-state index contributed by atoms with van der Waals surface area (Å²) in [6.07, 6.45) is 2.40. The van der Waals surface area contributed by atoms with E-state index in [4.69, 9.17) is 14.0 Å². The summed E-state index contributed by atoms with van der Waals surface area (Å²) in [7, 11) is -2.13. The van der Waals surface area contributed by atoms with Gasteiger partial charge in [-0.2, -0.15) is 4.31 Å². The molecule has 30 heavy (non-hydrogen) atoms. The number of nitrogens with zero attached hydrogens (tertiary/aromatic N) is 3. The standard InChI is InChI=1S/C19H26N4O6S/c1-13-17(14(2)29-22-13)30(25,26)23-9-6-15(7-10-23)18(24)21-16-5-4-8-20-19(16)28-12-11-27-3/h4-5,8,15H,6-7,9-12H2,1-3H3,(H,21,24). The summed E-state index contributed by atoms with van der Waals surface area (Å²) in [5.74, 6) is 0.0911. The van der Waals surface area contributed by atoms with Crippen LogP contribution in [0, 0.1) is 19.8 Å². The van der Waals surface area contributed by atoms with Gasteiger partial charge in [0, 0.05) is 32.3 Å². The number of rotatable bonds is 8. The molecule has 10 nitrogen and oxygen atoms in total. The second-order valence-corrected chi connectivity index (χ2v) is 8.89. The molecule has 164 valence electrons. The van der Waals surface area contributed by atoms with Crippen molar-refractivity contribution in [3.05, 3.63) is 29.8 Å². The molecule has 0 saturated carbocycles. The Kier molecular flexibility index (Phi) is 7.06. The van der Waals surface area contributed by atoms with Crippen molar-refractivity contribution in [1.82, 2.24) is 14.4 Å². The molecule has 1 fully saturated rings. The van der Waals surface area contributed by atoms with E-state index < -0.39 is 10.0 Å². The van der Waals surface area contributed by atoms with E-state index in [0.29, 0.717) is 43.3 Å². The highest BCUT2D eigenvalue weighted by atomic mass is 32.2. The minimum Gasteiger partial charge on any atom is -0.474 e. The fourth-order valence-electron chi connectivity index (χ4n) is 3.39. The fourth-order valence-corrected chi connectivity index (χ4v) is 5.15. The molecule has 2 aromatic heterocycles. The first kappa shape index (κ1) is 22.2. The molecule has 1 N–H and O–H groups in total. The average molecular weight is 439 g/mol. The van der Waals surface area contributed by atoms with Crippen LogP contribution in [0.1, 0.15) is 24.3 Å². The van der Waals surface area contributed by atoms with E-state index in [1.807, 2.05) is 0 Å². The van der Waals surface area contributed by atoms with Crippen LogP contribution in [-0.2, 0) is 19.6 Å². The predicted molar refractivity (Wildman–Crippen MR) is 108 cm³/mol. The molecule has 1 aliphatic heterocycles. The van der Waals surface area contributed by atoms with E-state index >= 15 is 0 Å². The zero-order chi connectivity index (χ0) is 21.7. The highest BCUT2D eigenvalue weighted by molar-refractivity contribution is 7.89. The molecule has 0 spiro atoms. The first-order chi connectivity index (χ1) is 14.3. The first-order valence-electron chi connectivity index (χ1n) is 9.65. The molecule has 2 aromatic rings. The number of carbonyl (C=O) groups is 1. The van der Waals surface area contributed by atoms with Gasteiger partial charge < -0.3 is 19.3 Å². The summed E-state index contributed by atoms with van der Waals surface area (Å²) < 4.78 is 42.7. The van der Waals surface area contributed by atoms with Crippen LogP contribution in [0.25, 0.3) is 0 Å². The van der Waals surface area contributed by atoms with Gasteiger partial charge in [-0.3, -0.25) is 4.79 Å². The van der Waals surface area contributed by atoms with Crippen molar-refractivity contribution >= 4 is 21.6 Å². The SMILES string of the molecule is COCCOc1ncccc1NC(=O)C1CCN(S(=O)(=O)c2c(C)noc2C)CC1. The summed E-state index contributed by atoms with van der Waals surface area (Å²) in [5, 5.41) is 6.58. The van der Waals surface area contributed by atoms with E-state index in [1.165, 1.54) is 4.31 Å². The third kappa shape index (κ3) is 4.79. The Bertz CT molecular complexity index is 963. The molecular weight excluding hydrogens is 412 g/mol. The topological polar surface area (TPSA) is 124 Å². The maximum Gasteiger partial charge on any atom is 0.248 e. The quantitative estimate of drug-likeness (QED) is 0.618. The summed E-state index contributed by atoms with van der Waals surface area (Å²) in [5.41, 5.74) is 0.814. The smallest absolute Gasteiger partial charge is 0.248 e. The van der Waals surface area contributed by atoms with Gasteiger partial charge >= 0.3 is 0 Å². The van der Waals surface area contributed by atoms with Crippen LogP contribution in [0.4, 0.5) is 5.69 Å². The Labute approximate surface area is 175 Å². The Morgan fingerprint density at radius 2 is 2.03 bits per heavy atom. The van der Waals surface area contributed by atoms with Crippen LogP contribution in [0.5, 0.6) is 5.88 Å². The monoisotopic (exact) mass is 438 g/mol. The van der Waals surface area contributed by atoms with Crippen molar-refractivity contribution in [3.63, 3.8) is 0 Å². The molecule has 0 unspecified atom stereocenters. The van der Waals surface area contributed by atoms with Gasteiger partial charge in [0.2, 0.25) is 21.8 Å². The van der Waals surface area contributed by atoms with Crippen LogP contribution in [-0.4, -0.2) is 62.2 Å². The van der Waals surface area contributed by atoms with Gasteiger partial charge in [-0.25, -0.2) is 13.4 Å². The second-order valence-electron chi connectivity index (χ2n) is 7.02. The normalized spacial score (nSPS) is 15.8. The van der Waals surface area contributed by atoms with E-state index in [-0.39, 0.29) is 35.6 Å². The van der Waals surface area contributed by atoms with Crippen molar-refractivity contribution in [2.45, 2.75) is 31.6 Å². The highest BCUT2D eigenvalue weighted by Gasteiger charge is 2.35. The van der Waals surface area contributed by atoms with Gasteiger partial charge in [0.05, 0.1) is 6.61 Å². The third-order valence-electron chi connectivity index (χ3n) is 4.95. The fraction of sp³-hybridized carbons (Fsp3) is 0.526. The number of hydrogen-bond donors (Lipinski definition) is 1. The first-order valence-corrected chi connectivity index (χ1v) is 11.1. The lowest BCUT2D eigenvalue weighted by atomic mass is 9.97. The zero-order valence-electron chi connectivity index (χ0n) is 17.3. The summed E-state index contributed by atoms with van der Waals surface area (Å²) in [6, 6.07) is 3.42. The highest BCUT2D eigenvalue weighted by Crippen LogP contribution is 2.29. The molecule has 0 aromatic carbocycles. The molecule has 0 aliphatic carbocycles. The third-order valence-corrected chi connectivity index (χ3v) is 7.09. The van der Waals surface area contributed by atoms with Crippen LogP contribution in [0.15, 0.2) is 27.7 Å². The van der Waals surface area contributed by atoms with Crippen molar-refractivity contribution < 1.29 is 27.2 Å². The number of aromatic nitrogens is 2. The summed E-state index contributed by atoms with van der Waals surface area (Å²) in [6.45, 7) is 4.39. The Morgan fingerprint density at radius 1 is 1.30 bits per heavy atom. The minimum atomic E-state index is -3.70. The van der Waals surface area contributed by atoms with Gasteiger partial charge in [-0.05, 0) is 38.8 Å². The maximum absolute atomic E-state index is 12.9. The van der Waals surface area contributed by atoms with Crippen LogP contribution < -0.4 is 10.1 Å². The summed E-state index contributed by atoms with van der Waals surface area (Å²) >= 11 is 0. The molecule has 11 heteroatoms. The minimum absolute atomic E-state index is 0.110. The number of pyridine rings is 1. The number of methoxy groups -OCH3 is 1. The van der Waals surface area contributed by atoms with E-state index in [1.54, 1.807) is 39.3 Å². The van der Waals surface area contributed by atoms with Crippen LogP contribution in [0.2, 0.25) is 0 Å². The molecule has 1 aliphatic rings. The lowest BCUT2D eigenvalue weighted by Gasteiger charge is -2.30. The molecule has 0 bridgehead atoms. The summed E-state index contributed by atoms with van der Waals surface area (Å²) in [4.78, 5) is 17.0. The van der Waals surface area contributed by atoms with Crippen molar-refractivity contribution in [1.29, 1.82) is 0 Å². The molecule has 1 amide bonds. The molecule has 0 radical (unpaired) electrons. The van der Waals surface area contributed by atoms with Crippen LogP contribution in [0.3, 0.4) is 0 Å². The predicted octanol–water partition coefficient (Wildman–Crippen LogP) is 1.75. The Hall–Kier alpha value is -2.50. The largest absolute Gasteiger partial charge is 0.474 e. The number of carbonyl (C=O) groups excluding carboxylic acids is 1. The molecule has 1 saturated heterocycles. The lowest BCUT2D eigenvalue weighted by Crippen LogP contribution is -2.41. The van der Waals surface area contributed by atoms with Gasteiger partial charge in [-0.1, -0.05) is 5.16 Å². The van der Waals surface area contributed by atoms with Gasteiger partial charge in [0.1, 0.15) is 22.9 Å². The number of amides is 1. The Balaban J connectivity index is 1.61. The molecular formula is C19H26N4O6S. The van der Waals surface area contributed by atoms with Gasteiger partial charge in [0.15, 0.2) is 5.76 Å². The number of sulfonamides is 1. The number of hydrogen-bond acceptors (Lipinski definition) is 8. The van der Waals surface area contributed by atoms with Crippen molar-refractivity contribution in [3.8, 4) is 5.88 Å². The van der Waals surface area contributed by atoms with E-state index in [0.717, 1.165) is 0 Å². The number of ether oxygens (including phenoxy) is 2. The number of nitrogens with one attached hydrogen (secondary N) is 1. The van der Waals surface area contributed by atoms with Crippen molar-refractivity contribution in [2.24, 2.45) is 5.92 Å². The average Bonchev–Trinajstić information content (AvgIpc) is 3.08. The second kappa shape index (κ2) is 9.54. The maximum atomic E-state index is 12.9.